The van der Waals surface area contributed by atoms with Crippen LogP contribution < -0.4 is 16.1 Å². The molecule has 0 amide bonds. The van der Waals surface area contributed by atoms with Crippen LogP contribution in [0.5, 0.6) is 0 Å². The molecule has 39 heavy (non-hydrogen) atoms. The molecule has 0 aliphatic rings. The Morgan fingerprint density at radius 2 is 1.56 bits per heavy atom. The van der Waals surface area contributed by atoms with Crippen LogP contribution in [0.25, 0.3) is 35.3 Å². The van der Waals surface area contributed by atoms with Gasteiger partial charge in [-0.2, -0.15) is 9.40 Å². The van der Waals surface area contributed by atoms with Gasteiger partial charge in [0.05, 0.1) is 26.8 Å². The largest absolute Gasteiger partial charge is 0.291 e. The molecule has 0 unspecified atom stereocenters. The second-order valence-corrected chi connectivity index (χ2v) is 10.9. The number of aromatic nitrogens is 4. The highest BCUT2D eigenvalue weighted by atomic mass is 32.2. The number of H-pyrrole nitrogens is 1. The van der Waals surface area contributed by atoms with Gasteiger partial charge in [0, 0.05) is 30.4 Å². The maximum Gasteiger partial charge on any atom is 0.279 e. The summed E-state index contributed by atoms with van der Waals surface area (Å²) in [5.74, 6) is 0. The Kier molecular flexibility index (Phi) is 7.19. The van der Waals surface area contributed by atoms with Crippen LogP contribution in [0.15, 0.2) is 101 Å². The Bertz CT molecular complexity index is 1890. The van der Waals surface area contributed by atoms with Crippen molar-refractivity contribution in [2.45, 2.75) is 18.7 Å². The van der Waals surface area contributed by atoms with Gasteiger partial charge >= 0.3 is 0 Å². The highest BCUT2D eigenvalue weighted by Crippen LogP contribution is 2.27. The summed E-state index contributed by atoms with van der Waals surface area (Å²) >= 11 is 0. The molecule has 3 aromatic carbocycles. The van der Waals surface area contributed by atoms with Crippen molar-refractivity contribution < 1.29 is 8.42 Å². The van der Waals surface area contributed by atoms with E-state index in [-0.39, 0.29) is 10.5 Å². The molecule has 0 aliphatic heterocycles. The van der Waals surface area contributed by atoms with E-state index in [0.717, 1.165) is 5.69 Å². The van der Waals surface area contributed by atoms with Gasteiger partial charge in [-0.25, -0.2) is 17.8 Å². The fourth-order valence-corrected chi connectivity index (χ4v) is 6.01. The van der Waals surface area contributed by atoms with E-state index in [0.29, 0.717) is 46.2 Å². The molecule has 1 N–H and O–H groups in total. The first-order chi connectivity index (χ1) is 18.8. The smallest absolute Gasteiger partial charge is 0.279 e. The predicted octanol–water partition coefficient (Wildman–Crippen LogP) is 3.29. The van der Waals surface area contributed by atoms with Crippen molar-refractivity contribution in [1.29, 1.82) is 0 Å². The van der Waals surface area contributed by atoms with Gasteiger partial charge in [0.2, 0.25) is 10.0 Å². The van der Waals surface area contributed by atoms with Crippen molar-refractivity contribution in [3.05, 3.63) is 118 Å². The number of aromatic amines is 1. The van der Waals surface area contributed by atoms with Crippen LogP contribution in [0, 0.1) is 0 Å². The summed E-state index contributed by atoms with van der Waals surface area (Å²) in [6.07, 6.45) is 3.57. The summed E-state index contributed by atoms with van der Waals surface area (Å²) in [5, 5.41) is 8.72. The fraction of sp³-hybridized carbons (Fsp3) is 0.133. The van der Waals surface area contributed by atoms with Crippen molar-refractivity contribution in [3.63, 3.8) is 0 Å². The number of rotatable bonds is 8. The molecular formula is C30H29N5O3S. The Hall–Kier alpha value is -4.47. The average Bonchev–Trinajstić information content (AvgIpc) is 3.51. The summed E-state index contributed by atoms with van der Waals surface area (Å²) in [7, 11) is -3.67. The van der Waals surface area contributed by atoms with Crippen molar-refractivity contribution in [2.24, 2.45) is 0 Å². The Morgan fingerprint density at radius 1 is 0.923 bits per heavy atom. The summed E-state index contributed by atoms with van der Waals surface area (Å²) < 4.78 is 31.1. The number of nitrogens with zero attached hydrogens (tertiary/aromatic N) is 4. The lowest BCUT2D eigenvalue weighted by Crippen LogP contribution is -2.34. The summed E-state index contributed by atoms with van der Waals surface area (Å²) in [5.41, 5.74) is 3.09. The highest BCUT2D eigenvalue weighted by molar-refractivity contribution is 7.89. The maximum absolute atomic E-state index is 13.4. The molecule has 2 aromatic heterocycles. The third kappa shape index (κ3) is 5.01. The fourth-order valence-electron chi connectivity index (χ4n) is 4.51. The molecule has 0 radical (unpaired) electrons. The molecule has 0 aliphatic carbocycles. The Morgan fingerprint density at radius 3 is 2.21 bits per heavy atom. The van der Waals surface area contributed by atoms with Gasteiger partial charge in [-0.05, 0) is 42.5 Å². The van der Waals surface area contributed by atoms with Crippen LogP contribution in [-0.4, -0.2) is 45.4 Å². The zero-order valence-corrected chi connectivity index (χ0v) is 22.6. The van der Waals surface area contributed by atoms with Crippen molar-refractivity contribution in [2.75, 3.05) is 13.1 Å². The molecule has 0 atom stereocenters. The molecule has 2 heterocycles. The zero-order valence-electron chi connectivity index (χ0n) is 21.8. The second kappa shape index (κ2) is 10.7. The molecule has 9 heteroatoms. The first-order valence-corrected chi connectivity index (χ1v) is 14.1. The number of sulfonamides is 1. The minimum atomic E-state index is -3.67. The Labute approximate surface area is 226 Å². The third-order valence-corrected chi connectivity index (χ3v) is 8.58. The minimum Gasteiger partial charge on any atom is -0.291 e. The topological polar surface area (TPSA) is 93.0 Å². The number of hydrogen-bond donors (Lipinski definition) is 1. The van der Waals surface area contributed by atoms with E-state index in [2.05, 4.69) is 11.7 Å². The SMILES string of the molecule is C=c1[nH]n(-c2ccccc2)c(=O)/c1=C\c1cn(-c2ccccc2)nc1-c1cccc(S(=O)(=O)N(CC)CC)c1. The zero-order chi connectivity index (χ0) is 27.6. The molecule has 5 rings (SSSR count). The summed E-state index contributed by atoms with van der Waals surface area (Å²) in [4.78, 5) is 13.6. The predicted molar refractivity (Wildman–Crippen MR) is 154 cm³/mol. The van der Waals surface area contributed by atoms with Gasteiger partial charge in [-0.15, -0.1) is 0 Å². The van der Waals surface area contributed by atoms with Gasteiger partial charge < -0.3 is 0 Å². The second-order valence-electron chi connectivity index (χ2n) is 8.95. The normalized spacial score (nSPS) is 12.3. The van der Waals surface area contributed by atoms with E-state index in [4.69, 9.17) is 5.10 Å². The van der Waals surface area contributed by atoms with Crippen LogP contribution in [0.3, 0.4) is 0 Å². The van der Waals surface area contributed by atoms with E-state index in [1.165, 1.54) is 8.99 Å². The summed E-state index contributed by atoms with van der Waals surface area (Å²) in [6, 6.07) is 25.6. The van der Waals surface area contributed by atoms with Crippen molar-refractivity contribution >= 4 is 22.7 Å². The molecular weight excluding hydrogens is 510 g/mol. The summed E-state index contributed by atoms with van der Waals surface area (Å²) in [6.45, 7) is 8.43. The van der Waals surface area contributed by atoms with Crippen LogP contribution in [0.1, 0.15) is 19.4 Å². The number of hydrogen-bond acceptors (Lipinski definition) is 4. The molecule has 0 saturated carbocycles. The van der Waals surface area contributed by atoms with Crippen LogP contribution in [0.2, 0.25) is 0 Å². The number of benzene rings is 3. The third-order valence-electron chi connectivity index (χ3n) is 6.53. The molecule has 0 spiro atoms. The lowest BCUT2D eigenvalue weighted by atomic mass is 10.1. The van der Waals surface area contributed by atoms with Gasteiger partial charge in [-0.1, -0.05) is 69.0 Å². The maximum atomic E-state index is 13.4. The van der Waals surface area contributed by atoms with E-state index in [1.54, 1.807) is 29.0 Å². The standard InChI is InChI=1S/C30H29N5O3S/c1-4-33(5-2)39(37,38)27-18-12-13-23(19-27)29-24(21-34(32-29)25-14-8-6-9-15-25)20-28-22(3)31-35(30(28)36)26-16-10-7-11-17-26/h6-21,31H,3-5H2,1-2H3/b28-20-. The van der Waals surface area contributed by atoms with E-state index >= 15 is 0 Å². The lowest BCUT2D eigenvalue weighted by Gasteiger charge is -2.18. The van der Waals surface area contributed by atoms with E-state index in [1.807, 2.05) is 86.8 Å². The van der Waals surface area contributed by atoms with Crippen molar-refractivity contribution in [1.82, 2.24) is 23.9 Å². The van der Waals surface area contributed by atoms with Crippen LogP contribution in [0.4, 0.5) is 0 Å². The van der Waals surface area contributed by atoms with E-state index < -0.39 is 10.0 Å². The van der Waals surface area contributed by atoms with Gasteiger partial charge in [-0.3, -0.25) is 9.89 Å². The minimum absolute atomic E-state index is 0.190. The quantitative estimate of drug-likeness (QED) is 0.328. The molecule has 8 nitrogen and oxygen atoms in total. The first-order valence-electron chi connectivity index (χ1n) is 12.7. The van der Waals surface area contributed by atoms with Gasteiger partial charge in [0.25, 0.3) is 5.56 Å². The molecule has 198 valence electrons. The van der Waals surface area contributed by atoms with Crippen LogP contribution >= 0.6 is 0 Å². The van der Waals surface area contributed by atoms with Crippen molar-refractivity contribution in [3.8, 4) is 22.6 Å². The lowest BCUT2D eigenvalue weighted by molar-refractivity contribution is 0.445. The molecule has 0 fully saturated rings. The highest BCUT2D eigenvalue weighted by Gasteiger charge is 2.23. The van der Waals surface area contributed by atoms with Gasteiger partial charge in [0.1, 0.15) is 5.69 Å². The average molecular weight is 540 g/mol. The van der Waals surface area contributed by atoms with E-state index in [9.17, 15) is 13.2 Å². The Balaban J connectivity index is 1.71. The number of para-hydroxylation sites is 2. The monoisotopic (exact) mass is 539 g/mol. The van der Waals surface area contributed by atoms with Crippen LogP contribution in [-0.2, 0) is 10.0 Å². The first kappa shape index (κ1) is 26.1. The molecule has 5 aromatic rings. The molecule has 0 saturated heterocycles. The molecule has 0 bridgehead atoms. The number of nitrogens with one attached hydrogen (secondary N) is 1. The van der Waals surface area contributed by atoms with Gasteiger partial charge in [0.15, 0.2) is 0 Å².